The van der Waals surface area contributed by atoms with Gasteiger partial charge >= 0.3 is 0 Å². The highest BCUT2D eigenvalue weighted by Crippen LogP contribution is 2.26. The van der Waals surface area contributed by atoms with Crippen molar-refractivity contribution in [3.8, 4) is 5.75 Å². The van der Waals surface area contributed by atoms with Gasteiger partial charge in [0.05, 0.1) is 7.11 Å². The molecule has 0 aliphatic rings. The van der Waals surface area contributed by atoms with Gasteiger partial charge in [0.25, 0.3) is 0 Å². The Morgan fingerprint density at radius 2 is 2.20 bits per heavy atom. The molecular weight excluding hydrogens is 222 g/mol. The first kappa shape index (κ1) is 11.8. The summed E-state index contributed by atoms with van der Waals surface area (Å²) in [6.45, 7) is 0. The predicted octanol–water partition coefficient (Wildman–Crippen LogP) is 2.10. The van der Waals surface area contributed by atoms with E-state index in [4.69, 9.17) is 11.1 Å². The molecule has 0 atom stereocenters. The highest BCUT2D eigenvalue weighted by atomic mass is 32.2. The minimum absolute atomic E-state index is 0.113. The van der Waals surface area contributed by atoms with Crippen LogP contribution in [0.25, 0.3) is 0 Å². The molecule has 0 aliphatic heterocycles. The highest BCUT2D eigenvalue weighted by molar-refractivity contribution is 8.13. The van der Waals surface area contributed by atoms with Gasteiger partial charge in [-0.1, -0.05) is 17.8 Å². The molecule has 0 aliphatic carbocycles. The first-order valence-electron chi connectivity index (χ1n) is 4.04. The van der Waals surface area contributed by atoms with Crippen LogP contribution < -0.4 is 10.5 Å². The van der Waals surface area contributed by atoms with Gasteiger partial charge in [0.1, 0.15) is 0 Å². The Kier molecular flexibility index (Phi) is 3.90. The Morgan fingerprint density at radius 1 is 1.53 bits per heavy atom. The summed E-state index contributed by atoms with van der Waals surface area (Å²) in [4.78, 5) is 0. The molecule has 0 fully saturated rings. The third-order valence-electron chi connectivity index (χ3n) is 1.72. The topological polar surface area (TPSA) is 59.1 Å². The van der Waals surface area contributed by atoms with E-state index in [2.05, 4.69) is 4.74 Å². The van der Waals surface area contributed by atoms with Crippen LogP contribution in [0.5, 0.6) is 5.75 Å². The third kappa shape index (κ3) is 2.82. The SMILES string of the molecule is COc1c(F)ccc(CSC(=N)N)c1F. The summed E-state index contributed by atoms with van der Waals surface area (Å²) in [7, 11) is 1.20. The molecule has 0 heterocycles. The van der Waals surface area contributed by atoms with Crippen molar-refractivity contribution < 1.29 is 13.5 Å². The number of benzene rings is 1. The number of hydrogen-bond acceptors (Lipinski definition) is 3. The molecule has 0 unspecified atom stereocenters. The lowest BCUT2D eigenvalue weighted by atomic mass is 10.2. The molecule has 1 rings (SSSR count). The maximum absolute atomic E-state index is 13.5. The summed E-state index contributed by atoms with van der Waals surface area (Å²) in [5.41, 5.74) is 5.37. The van der Waals surface area contributed by atoms with Crippen molar-refractivity contribution in [3.63, 3.8) is 0 Å². The van der Waals surface area contributed by atoms with Gasteiger partial charge in [0.2, 0.25) is 0 Å². The van der Waals surface area contributed by atoms with E-state index in [1.165, 1.54) is 13.2 Å². The van der Waals surface area contributed by atoms with Gasteiger partial charge in [-0.25, -0.2) is 8.78 Å². The molecule has 1 aromatic rings. The van der Waals surface area contributed by atoms with E-state index in [0.717, 1.165) is 17.8 Å². The van der Waals surface area contributed by atoms with Crippen molar-refractivity contribution in [3.05, 3.63) is 29.3 Å². The van der Waals surface area contributed by atoms with Gasteiger partial charge in [0.15, 0.2) is 22.6 Å². The predicted molar refractivity (Wildman–Crippen MR) is 56.1 cm³/mol. The van der Waals surface area contributed by atoms with Crippen LogP contribution in [0.15, 0.2) is 12.1 Å². The summed E-state index contributed by atoms with van der Waals surface area (Å²) in [5, 5.41) is 6.85. The summed E-state index contributed by atoms with van der Waals surface area (Å²) >= 11 is 0.967. The van der Waals surface area contributed by atoms with Gasteiger partial charge < -0.3 is 10.5 Å². The molecule has 82 valence electrons. The molecule has 0 amide bonds. The van der Waals surface area contributed by atoms with Gasteiger partial charge in [0, 0.05) is 11.3 Å². The molecule has 1 aromatic carbocycles. The van der Waals surface area contributed by atoms with E-state index in [0.29, 0.717) is 0 Å². The first-order chi connectivity index (χ1) is 7.06. The van der Waals surface area contributed by atoms with Crippen LogP contribution in [0, 0.1) is 17.0 Å². The fourth-order valence-corrected chi connectivity index (χ4v) is 1.56. The second kappa shape index (κ2) is 4.97. The molecule has 15 heavy (non-hydrogen) atoms. The summed E-state index contributed by atoms with van der Waals surface area (Å²) in [6, 6.07) is 2.43. The fraction of sp³-hybridized carbons (Fsp3) is 0.222. The van der Waals surface area contributed by atoms with E-state index in [1.807, 2.05) is 0 Å². The van der Waals surface area contributed by atoms with Crippen molar-refractivity contribution in [2.24, 2.45) is 5.73 Å². The summed E-state index contributed by atoms with van der Waals surface area (Å²) in [5.74, 6) is -1.72. The molecular formula is C9H10F2N2OS. The Labute approximate surface area is 90.1 Å². The molecule has 0 bridgehead atoms. The van der Waals surface area contributed by atoms with E-state index in [9.17, 15) is 8.78 Å². The number of rotatable bonds is 3. The number of thioether (sulfide) groups is 1. The third-order valence-corrected chi connectivity index (χ3v) is 2.48. The van der Waals surface area contributed by atoms with Gasteiger partial charge in [-0.3, -0.25) is 5.41 Å². The van der Waals surface area contributed by atoms with E-state index in [-0.39, 0.29) is 16.5 Å². The normalized spacial score (nSPS) is 10.1. The standard InChI is InChI=1S/C9H10F2N2OS/c1-14-8-6(10)3-2-5(7(8)11)4-15-9(12)13/h2-3H,4H2,1H3,(H3,12,13). The fourth-order valence-electron chi connectivity index (χ4n) is 1.03. The molecule has 3 nitrogen and oxygen atoms in total. The van der Waals surface area contributed by atoms with Gasteiger partial charge in [-0.05, 0) is 6.07 Å². The van der Waals surface area contributed by atoms with Crippen LogP contribution in [0.1, 0.15) is 5.56 Å². The second-order valence-electron chi connectivity index (χ2n) is 2.71. The zero-order chi connectivity index (χ0) is 11.4. The Morgan fingerprint density at radius 3 is 2.73 bits per heavy atom. The smallest absolute Gasteiger partial charge is 0.190 e. The van der Waals surface area contributed by atoms with Crippen LogP contribution >= 0.6 is 11.8 Å². The van der Waals surface area contributed by atoms with Crippen LogP contribution in [-0.2, 0) is 5.75 Å². The lowest BCUT2D eigenvalue weighted by Crippen LogP contribution is -2.05. The number of halogens is 2. The monoisotopic (exact) mass is 232 g/mol. The second-order valence-corrected chi connectivity index (χ2v) is 3.72. The average Bonchev–Trinajstić information content (AvgIpc) is 2.17. The average molecular weight is 232 g/mol. The van der Waals surface area contributed by atoms with Crippen LogP contribution in [0.2, 0.25) is 0 Å². The molecule has 0 aromatic heterocycles. The Bertz CT molecular complexity index is 385. The van der Waals surface area contributed by atoms with Crippen molar-refractivity contribution >= 4 is 16.9 Å². The Hall–Kier alpha value is -1.30. The van der Waals surface area contributed by atoms with Crippen molar-refractivity contribution in [2.75, 3.05) is 7.11 Å². The quantitative estimate of drug-likeness (QED) is 0.619. The first-order valence-corrected chi connectivity index (χ1v) is 5.02. The van der Waals surface area contributed by atoms with Crippen LogP contribution in [0.3, 0.4) is 0 Å². The molecule has 0 radical (unpaired) electrons. The van der Waals surface area contributed by atoms with Gasteiger partial charge in [-0.2, -0.15) is 0 Å². The highest BCUT2D eigenvalue weighted by Gasteiger charge is 2.14. The van der Waals surface area contributed by atoms with Crippen molar-refractivity contribution in [1.29, 1.82) is 5.41 Å². The number of methoxy groups -OCH3 is 1. The number of nitrogens with two attached hydrogens (primary N) is 1. The number of amidine groups is 1. The van der Waals surface area contributed by atoms with E-state index >= 15 is 0 Å². The zero-order valence-corrected chi connectivity index (χ0v) is 8.83. The zero-order valence-electron chi connectivity index (χ0n) is 8.01. The van der Waals surface area contributed by atoms with Gasteiger partial charge in [-0.15, -0.1) is 0 Å². The van der Waals surface area contributed by atoms with E-state index in [1.54, 1.807) is 0 Å². The molecule has 0 saturated heterocycles. The summed E-state index contributed by atoms with van der Waals surface area (Å²) in [6.07, 6.45) is 0. The molecule has 3 N–H and O–H groups in total. The lowest BCUT2D eigenvalue weighted by molar-refractivity contribution is 0.358. The van der Waals surface area contributed by atoms with Crippen molar-refractivity contribution in [2.45, 2.75) is 5.75 Å². The maximum Gasteiger partial charge on any atom is 0.190 e. The number of hydrogen-bond donors (Lipinski definition) is 2. The number of nitrogens with one attached hydrogen (secondary N) is 1. The summed E-state index contributed by atoms with van der Waals surface area (Å²) < 4.78 is 31.1. The largest absolute Gasteiger partial charge is 0.491 e. The number of ether oxygens (including phenoxy) is 1. The van der Waals surface area contributed by atoms with E-state index < -0.39 is 17.4 Å². The Balaban J connectivity index is 2.94. The van der Waals surface area contributed by atoms with Crippen LogP contribution in [-0.4, -0.2) is 12.3 Å². The minimum atomic E-state index is -0.744. The van der Waals surface area contributed by atoms with Crippen molar-refractivity contribution in [1.82, 2.24) is 0 Å². The molecule has 0 spiro atoms. The minimum Gasteiger partial charge on any atom is -0.491 e. The lowest BCUT2D eigenvalue weighted by Gasteiger charge is -2.07. The van der Waals surface area contributed by atoms with Crippen LogP contribution in [0.4, 0.5) is 8.78 Å². The maximum atomic E-state index is 13.5. The molecule has 6 heteroatoms. The molecule has 0 saturated carbocycles.